The molecular formula is C29H39N7O2. The number of imidazole rings is 1. The molecule has 202 valence electrons. The van der Waals surface area contributed by atoms with Crippen LogP contribution in [0.3, 0.4) is 0 Å². The number of ether oxygens (including phenoxy) is 1. The molecule has 9 nitrogen and oxygen atoms in total. The molecule has 1 unspecified atom stereocenters. The first kappa shape index (κ1) is 26.2. The summed E-state index contributed by atoms with van der Waals surface area (Å²) >= 11 is 0. The number of rotatable bonds is 6. The molecule has 0 radical (unpaired) electrons. The quantitative estimate of drug-likeness (QED) is 0.464. The third-order valence-electron chi connectivity index (χ3n) is 7.68. The molecule has 9 heteroatoms. The summed E-state index contributed by atoms with van der Waals surface area (Å²) < 4.78 is 7.00. The first-order valence-electron chi connectivity index (χ1n) is 13.3. The average molecular weight is 518 g/mol. The fourth-order valence-electron chi connectivity index (χ4n) is 5.12. The number of benzene rings is 1. The summed E-state index contributed by atoms with van der Waals surface area (Å²) in [4.78, 5) is 19.0. The van der Waals surface area contributed by atoms with E-state index < -0.39 is 6.29 Å². The lowest BCUT2D eigenvalue weighted by Gasteiger charge is -2.36. The van der Waals surface area contributed by atoms with Gasteiger partial charge in [0.15, 0.2) is 17.8 Å². The second-order valence-electron chi connectivity index (χ2n) is 11.3. The Morgan fingerprint density at radius 1 is 1.03 bits per heavy atom. The van der Waals surface area contributed by atoms with Gasteiger partial charge in [-0.15, -0.1) is 0 Å². The van der Waals surface area contributed by atoms with Gasteiger partial charge in [0.2, 0.25) is 5.95 Å². The number of fused-ring (bicyclic) bond motifs is 1. The van der Waals surface area contributed by atoms with Gasteiger partial charge in [0.25, 0.3) is 0 Å². The molecule has 1 aliphatic carbocycles. The van der Waals surface area contributed by atoms with Crippen LogP contribution in [-0.2, 0) is 11.8 Å². The summed E-state index contributed by atoms with van der Waals surface area (Å²) in [5, 5.41) is 13.6. The summed E-state index contributed by atoms with van der Waals surface area (Å²) in [5.41, 5.74) is 6.36. The van der Waals surface area contributed by atoms with Crippen LogP contribution in [0.15, 0.2) is 53.9 Å². The number of nitrogens with zero attached hydrogens (tertiary/aromatic N) is 6. The molecule has 0 saturated carbocycles. The van der Waals surface area contributed by atoms with Gasteiger partial charge >= 0.3 is 0 Å². The smallest absolute Gasteiger partial charge is 0.229 e. The Hall–Kier alpha value is -3.43. The molecule has 1 aliphatic heterocycles. The van der Waals surface area contributed by atoms with Crippen molar-refractivity contribution in [1.29, 1.82) is 0 Å². The minimum Gasteiger partial charge on any atom is -0.368 e. The van der Waals surface area contributed by atoms with Crippen LogP contribution in [-0.4, -0.2) is 64.0 Å². The highest BCUT2D eigenvalue weighted by Gasteiger charge is 2.27. The van der Waals surface area contributed by atoms with Crippen LogP contribution in [0.4, 0.5) is 17.5 Å². The molecule has 3 heterocycles. The lowest BCUT2D eigenvalue weighted by atomic mass is 9.79. The molecule has 0 spiro atoms. The fourth-order valence-corrected chi connectivity index (χ4v) is 5.12. The molecule has 38 heavy (non-hydrogen) atoms. The van der Waals surface area contributed by atoms with Gasteiger partial charge in [-0.2, -0.15) is 9.97 Å². The van der Waals surface area contributed by atoms with Crippen molar-refractivity contribution in [1.82, 2.24) is 19.5 Å². The van der Waals surface area contributed by atoms with Crippen molar-refractivity contribution in [3.8, 4) is 0 Å². The number of nitrogens with one attached hydrogen (secondary N) is 1. The zero-order valence-electron chi connectivity index (χ0n) is 23.3. The van der Waals surface area contributed by atoms with Crippen LogP contribution in [0.25, 0.3) is 11.2 Å². The molecule has 2 aromatic heterocycles. The first-order chi connectivity index (χ1) is 18.1. The maximum absolute atomic E-state index is 9.88. The van der Waals surface area contributed by atoms with E-state index in [1.165, 1.54) is 18.3 Å². The van der Waals surface area contributed by atoms with E-state index in [2.05, 4.69) is 59.9 Å². The topological polar surface area (TPSA) is 91.6 Å². The van der Waals surface area contributed by atoms with E-state index in [9.17, 15) is 5.11 Å². The Morgan fingerprint density at radius 2 is 1.71 bits per heavy atom. The van der Waals surface area contributed by atoms with Gasteiger partial charge in [0.1, 0.15) is 5.52 Å². The SMILES string of the molecule is COC(O)c1ccc(N2CCN(c3nc(N[C@H]4CC(C(C)(C)C)=CC=C4C)c4c(ncn4C)n3)CC2)cc1. The van der Waals surface area contributed by atoms with Crippen molar-refractivity contribution in [2.24, 2.45) is 12.5 Å². The Kier molecular flexibility index (Phi) is 7.15. The van der Waals surface area contributed by atoms with E-state index in [0.717, 1.165) is 55.2 Å². The first-order valence-corrected chi connectivity index (χ1v) is 13.3. The van der Waals surface area contributed by atoms with Gasteiger partial charge in [0.05, 0.1) is 12.4 Å². The van der Waals surface area contributed by atoms with Gasteiger partial charge in [-0.3, -0.25) is 0 Å². The Morgan fingerprint density at radius 3 is 2.37 bits per heavy atom. The monoisotopic (exact) mass is 517 g/mol. The Balaban J connectivity index is 1.34. The number of aromatic nitrogens is 4. The number of methoxy groups -OCH3 is 1. The highest BCUT2D eigenvalue weighted by Crippen LogP contribution is 2.35. The maximum Gasteiger partial charge on any atom is 0.229 e. The number of allylic oxidation sites excluding steroid dienone is 2. The van der Waals surface area contributed by atoms with Gasteiger partial charge in [-0.05, 0) is 30.9 Å². The molecule has 2 aliphatic rings. The van der Waals surface area contributed by atoms with E-state index >= 15 is 0 Å². The second kappa shape index (κ2) is 10.4. The number of aliphatic hydroxyl groups excluding tert-OH is 1. The number of hydrogen-bond donors (Lipinski definition) is 2. The van der Waals surface area contributed by atoms with Crippen LogP contribution >= 0.6 is 0 Å². The van der Waals surface area contributed by atoms with Crippen molar-refractivity contribution < 1.29 is 9.84 Å². The molecule has 2 N–H and O–H groups in total. The molecular weight excluding hydrogens is 478 g/mol. The number of hydrogen-bond acceptors (Lipinski definition) is 8. The second-order valence-corrected chi connectivity index (χ2v) is 11.3. The molecule has 2 atom stereocenters. The van der Waals surface area contributed by atoms with Crippen LogP contribution in [0.1, 0.15) is 46.0 Å². The van der Waals surface area contributed by atoms with Crippen LogP contribution in [0, 0.1) is 5.41 Å². The molecule has 3 aromatic rings. The molecule has 1 saturated heterocycles. The summed E-state index contributed by atoms with van der Waals surface area (Å²) in [5.74, 6) is 1.54. The van der Waals surface area contributed by atoms with Gasteiger partial charge in [-0.25, -0.2) is 4.98 Å². The minimum atomic E-state index is -0.897. The fraction of sp³-hybridized carbons (Fsp3) is 0.483. The highest BCUT2D eigenvalue weighted by molar-refractivity contribution is 5.85. The molecule has 1 fully saturated rings. The van der Waals surface area contributed by atoms with E-state index in [4.69, 9.17) is 14.7 Å². The van der Waals surface area contributed by atoms with Gasteiger partial charge in [-0.1, -0.05) is 56.2 Å². The standard InChI is InChI=1S/C29H39N7O2/c1-19-7-10-21(29(2,3)4)17-23(19)31-26-24-25(30-18-34(24)5)32-28(33-26)36-15-13-35(14-16-36)22-11-8-20(9-12-22)27(37)38-6/h7-12,18,23,27,37H,13-17H2,1-6H3,(H,31,32,33)/t23-,27?/m0/s1. The zero-order valence-corrected chi connectivity index (χ0v) is 23.3. The van der Waals surface area contributed by atoms with E-state index in [-0.39, 0.29) is 11.5 Å². The maximum atomic E-state index is 9.88. The van der Waals surface area contributed by atoms with Crippen molar-refractivity contribution >= 4 is 28.6 Å². The normalized spacial score (nSPS) is 19.4. The molecule has 1 aromatic carbocycles. The molecule has 0 amide bonds. The number of aliphatic hydroxyl groups is 1. The van der Waals surface area contributed by atoms with Crippen molar-refractivity contribution in [2.75, 3.05) is 48.4 Å². The summed E-state index contributed by atoms with van der Waals surface area (Å²) in [6.45, 7) is 12.3. The van der Waals surface area contributed by atoms with Gasteiger partial charge < -0.3 is 29.5 Å². The molecule has 5 rings (SSSR count). The lowest BCUT2D eigenvalue weighted by Crippen LogP contribution is -2.47. The van der Waals surface area contributed by atoms with E-state index in [0.29, 0.717) is 11.6 Å². The third-order valence-corrected chi connectivity index (χ3v) is 7.68. The van der Waals surface area contributed by atoms with Crippen molar-refractivity contribution in [3.63, 3.8) is 0 Å². The van der Waals surface area contributed by atoms with Crippen LogP contribution in [0.2, 0.25) is 0 Å². The zero-order chi connectivity index (χ0) is 27.0. The van der Waals surface area contributed by atoms with Crippen LogP contribution < -0.4 is 15.1 Å². The van der Waals surface area contributed by atoms with E-state index in [1.807, 2.05) is 35.9 Å². The number of aryl methyl sites for hydroxylation is 1. The minimum absolute atomic E-state index is 0.124. The largest absolute Gasteiger partial charge is 0.368 e. The average Bonchev–Trinajstić information content (AvgIpc) is 3.29. The third kappa shape index (κ3) is 5.26. The van der Waals surface area contributed by atoms with Crippen molar-refractivity contribution in [3.05, 3.63) is 59.5 Å². The predicted molar refractivity (Wildman–Crippen MR) is 152 cm³/mol. The number of piperazine rings is 1. The van der Waals surface area contributed by atoms with Gasteiger partial charge in [0, 0.05) is 51.6 Å². The summed E-state index contributed by atoms with van der Waals surface area (Å²) in [7, 11) is 3.49. The molecule has 0 bridgehead atoms. The van der Waals surface area contributed by atoms with E-state index in [1.54, 1.807) is 6.33 Å². The number of anilines is 3. The lowest BCUT2D eigenvalue weighted by molar-refractivity contribution is -0.0769. The van der Waals surface area contributed by atoms with Crippen LogP contribution in [0.5, 0.6) is 0 Å². The highest BCUT2D eigenvalue weighted by atomic mass is 16.6. The summed E-state index contributed by atoms with van der Waals surface area (Å²) in [6.07, 6.45) is 6.35. The Bertz CT molecular complexity index is 1350. The summed E-state index contributed by atoms with van der Waals surface area (Å²) in [6, 6.07) is 8.06. The predicted octanol–water partition coefficient (Wildman–Crippen LogP) is 4.43. The Labute approximate surface area is 224 Å². The van der Waals surface area contributed by atoms with Crippen molar-refractivity contribution in [2.45, 2.75) is 46.4 Å².